The normalized spacial score (nSPS) is 55.4. The summed E-state index contributed by atoms with van der Waals surface area (Å²) < 4.78 is 0. The maximum absolute atomic E-state index is 14.2. The standard InChI is InChI=1S/C30H46O3/c1-25(2)22-8-11-30(7)24(28(22,5)10-9-23(25)33)21(32)16-19-20-17-26(3,18-31)12-13-27(20,4)14-15-29(19,30)6/h16,18,20,22-24,33H,8-15,17H2,1-7H3/t20-,22-,23-,24+,26-,27+,28-,29+,30+/m0/s1. The summed E-state index contributed by atoms with van der Waals surface area (Å²) >= 11 is 0. The molecule has 0 aromatic rings. The molecule has 4 saturated carbocycles. The number of fused-ring (bicyclic) bond motifs is 7. The van der Waals surface area contributed by atoms with E-state index in [0.717, 1.165) is 51.4 Å². The van der Waals surface area contributed by atoms with Gasteiger partial charge in [0.2, 0.25) is 0 Å². The lowest BCUT2D eigenvalue weighted by Gasteiger charge is -2.70. The van der Waals surface area contributed by atoms with Crippen LogP contribution in [0.4, 0.5) is 0 Å². The maximum atomic E-state index is 14.2. The third kappa shape index (κ3) is 2.84. The molecule has 9 atom stereocenters. The summed E-state index contributed by atoms with van der Waals surface area (Å²) in [7, 11) is 0. The van der Waals surface area contributed by atoms with Crippen LogP contribution in [-0.4, -0.2) is 23.3 Å². The number of hydrogen-bond acceptors (Lipinski definition) is 3. The Kier molecular flexibility index (Phi) is 4.92. The number of ketones is 1. The van der Waals surface area contributed by atoms with Crippen molar-refractivity contribution in [1.82, 2.24) is 0 Å². The minimum atomic E-state index is -0.279. The highest BCUT2D eigenvalue weighted by Crippen LogP contribution is 2.75. The molecule has 0 saturated heterocycles. The first kappa shape index (κ1) is 23.8. The Balaban J connectivity index is 1.63. The van der Waals surface area contributed by atoms with Gasteiger partial charge in [-0.3, -0.25) is 4.79 Å². The molecule has 0 radical (unpaired) electrons. The fourth-order valence-electron chi connectivity index (χ4n) is 10.3. The minimum absolute atomic E-state index is 0.00503. The van der Waals surface area contributed by atoms with E-state index in [-0.39, 0.29) is 44.5 Å². The van der Waals surface area contributed by atoms with Crippen molar-refractivity contribution in [2.24, 2.45) is 50.2 Å². The van der Waals surface area contributed by atoms with Crippen LogP contribution in [0.15, 0.2) is 11.6 Å². The summed E-state index contributed by atoms with van der Waals surface area (Å²) in [5, 5.41) is 10.9. The zero-order valence-corrected chi connectivity index (χ0v) is 22.1. The summed E-state index contributed by atoms with van der Waals surface area (Å²) in [6, 6.07) is 0. The van der Waals surface area contributed by atoms with Crippen molar-refractivity contribution < 1.29 is 14.7 Å². The van der Waals surface area contributed by atoms with Crippen molar-refractivity contribution in [2.75, 3.05) is 0 Å². The average Bonchev–Trinajstić information content (AvgIpc) is 2.74. The second-order valence-corrected chi connectivity index (χ2v) is 14.8. The Hall–Kier alpha value is -0.960. The van der Waals surface area contributed by atoms with E-state index < -0.39 is 0 Å². The highest BCUT2D eigenvalue weighted by Gasteiger charge is 2.70. The number of aliphatic hydroxyl groups is 1. The van der Waals surface area contributed by atoms with Crippen LogP contribution in [0.3, 0.4) is 0 Å². The molecule has 0 bridgehead atoms. The van der Waals surface area contributed by atoms with Crippen LogP contribution < -0.4 is 0 Å². The zero-order valence-electron chi connectivity index (χ0n) is 22.1. The molecule has 5 rings (SSSR count). The smallest absolute Gasteiger partial charge is 0.159 e. The van der Waals surface area contributed by atoms with E-state index in [1.54, 1.807) is 0 Å². The quantitative estimate of drug-likeness (QED) is 0.458. The second kappa shape index (κ2) is 6.83. The number of hydrogen-bond donors (Lipinski definition) is 1. The van der Waals surface area contributed by atoms with Crippen molar-refractivity contribution in [3.63, 3.8) is 0 Å². The lowest BCUT2D eigenvalue weighted by Crippen LogP contribution is -2.66. The van der Waals surface area contributed by atoms with E-state index in [1.807, 2.05) is 0 Å². The minimum Gasteiger partial charge on any atom is -0.393 e. The number of allylic oxidation sites excluding steroid dienone is 2. The first-order chi connectivity index (χ1) is 15.2. The largest absolute Gasteiger partial charge is 0.393 e. The van der Waals surface area contributed by atoms with Gasteiger partial charge >= 0.3 is 0 Å². The maximum Gasteiger partial charge on any atom is 0.159 e. The Morgan fingerprint density at radius 1 is 0.909 bits per heavy atom. The fourth-order valence-corrected chi connectivity index (χ4v) is 10.3. The van der Waals surface area contributed by atoms with Gasteiger partial charge < -0.3 is 9.90 Å². The van der Waals surface area contributed by atoms with Crippen molar-refractivity contribution in [3.8, 4) is 0 Å². The molecule has 0 spiro atoms. The number of rotatable bonds is 1. The average molecular weight is 455 g/mol. The predicted molar refractivity (Wildman–Crippen MR) is 131 cm³/mol. The van der Waals surface area contributed by atoms with Crippen LogP contribution >= 0.6 is 0 Å². The van der Waals surface area contributed by atoms with Crippen LogP contribution in [0, 0.1) is 50.2 Å². The topological polar surface area (TPSA) is 54.4 Å². The number of aliphatic hydroxyl groups excluding tert-OH is 1. The molecule has 0 aromatic heterocycles. The molecule has 0 aromatic carbocycles. The number of aldehydes is 1. The molecule has 33 heavy (non-hydrogen) atoms. The third-order valence-corrected chi connectivity index (χ3v) is 12.9. The monoisotopic (exact) mass is 454 g/mol. The number of carbonyl (C=O) groups excluding carboxylic acids is 2. The van der Waals surface area contributed by atoms with Crippen molar-refractivity contribution in [1.29, 1.82) is 0 Å². The first-order valence-electron chi connectivity index (χ1n) is 13.6. The van der Waals surface area contributed by atoms with E-state index in [9.17, 15) is 14.7 Å². The third-order valence-electron chi connectivity index (χ3n) is 12.9. The van der Waals surface area contributed by atoms with Crippen LogP contribution in [-0.2, 0) is 9.59 Å². The molecular formula is C30H46O3. The first-order valence-corrected chi connectivity index (χ1v) is 13.6. The van der Waals surface area contributed by atoms with Crippen LogP contribution in [0.1, 0.15) is 106 Å². The van der Waals surface area contributed by atoms with Crippen molar-refractivity contribution >= 4 is 12.1 Å². The lowest BCUT2D eigenvalue weighted by molar-refractivity contribution is -0.202. The fraction of sp³-hybridized carbons (Fsp3) is 0.867. The van der Waals surface area contributed by atoms with Gasteiger partial charge in [0.25, 0.3) is 0 Å². The van der Waals surface area contributed by atoms with Crippen LogP contribution in [0.5, 0.6) is 0 Å². The van der Waals surface area contributed by atoms with E-state index in [4.69, 9.17) is 0 Å². The van der Waals surface area contributed by atoms with Crippen LogP contribution in [0.2, 0.25) is 0 Å². The lowest BCUT2D eigenvalue weighted by atomic mass is 9.33. The van der Waals surface area contributed by atoms with Gasteiger partial charge in [-0.15, -0.1) is 0 Å². The molecule has 0 amide bonds. The Morgan fingerprint density at radius 3 is 2.24 bits per heavy atom. The summed E-state index contributed by atoms with van der Waals surface area (Å²) in [6.07, 6.45) is 12.2. The van der Waals surface area contributed by atoms with Gasteiger partial charge in [0.05, 0.1) is 6.10 Å². The zero-order chi connectivity index (χ0) is 24.2. The van der Waals surface area contributed by atoms with E-state index in [2.05, 4.69) is 54.5 Å². The van der Waals surface area contributed by atoms with Gasteiger partial charge in [0.1, 0.15) is 6.29 Å². The van der Waals surface area contributed by atoms with Gasteiger partial charge in [-0.1, -0.05) is 54.0 Å². The molecule has 0 heterocycles. The second-order valence-electron chi connectivity index (χ2n) is 14.8. The summed E-state index contributed by atoms with van der Waals surface area (Å²) in [5.41, 5.74) is 1.04. The molecule has 3 heteroatoms. The van der Waals surface area contributed by atoms with Gasteiger partial charge in [-0.05, 0) is 103 Å². The molecule has 4 fully saturated rings. The highest BCUT2D eigenvalue weighted by molar-refractivity contribution is 5.95. The van der Waals surface area contributed by atoms with E-state index >= 15 is 0 Å². The SMILES string of the molecule is CC1(C)[C@@H](O)CC[C@]2(C)[C@H]3C(=O)C=C4[C@@H]5C[C@@](C)(C=O)CC[C@]5(C)CC[C@@]4(C)[C@]3(C)CC[C@@H]12. The van der Waals surface area contributed by atoms with E-state index in [0.29, 0.717) is 17.6 Å². The van der Waals surface area contributed by atoms with Crippen LogP contribution in [0.25, 0.3) is 0 Å². The molecule has 5 aliphatic rings. The summed E-state index contributed by atoms with van der Waals surface area (Å²) in [4.78, 5) is 26.2. The molecule has 5 aliphatic carbocycles. The van der Waals surface area contributed by atoms with Crippen molar-refractivity contribution in [3.05, 3.63) is 11.6 Å². The van der Waals surface area contributed by atoms with Gasteiger partial charge in [0, 0.05) is 11.3 Å². The van der Waals surface area contributed by atoms with Gasteiger partial charge in [-0.2, -0.15) is 0 Å². The Bertz CT molecular complexity index is 918. The molecular weight excluding hydrogens is 408 g/mol. The van der Waals surface area contributed by atoms with Gasteiger partial charge in [-0.25, -0.2) is 0 Å². The molecule has 0 unspecified atom stereocenters. The molecule has 1 N–H and O–H groups in total. The highest BCUT2D eigenvalue weighted by atomic mass is 16.3. The van der Waals surface area contributed by atoms with E-state index in [1.165, 1.54) is 18.3 Å². The predicted octanol–water partition coefficient (Wildman–Crippen LogP) is 6.53. The summed E-state index contributed by atoms with van der Waals surface area (Å²) in [6.45, 7) is 16.3. The Labute approximate surface area is 201 Å². The van der Waals surface area contributed by atoms with Gasteiger partial charge in [0.15, 0.2) is 5.78 Å². The molecule has 3 nitrogen and oxygen atoms in total. The molecule has 0 aliphatic heterocycles. The Morgan fingerprint density at radius 2 is 1.58 bits per heavy atom. The summed E-state index contributed by atoms with van der Waals surface area (Å²) in [5.74, 6) is 1.06. The number of carbonyl (C=O) groups is 2. The molecule has 184 valence electrons. The van der Waals surface area contributed by atoms with Crippen molar-refractivity contribution in [2.45, 2.75) is 112 Å².